The van der Waals surface area contributed by atoms with Crippen molar-refractivity contribution in [1.82, 2.24) is 41.3 Å². The lowest BCUT2D eigenvalue weighted by atomic mass is 10.0. The fourth-order valence-corrected chi connectivity index (χ4v) is 12.1. The van der Waals surface area contributed by atoms with Gasteiger partial charge in [0.2, 0.25) is 53.2 Å². The van der Waals surface area contributed by atoms with E-state index in [9.17, 15) is 93.6 Å². The number of esters is 1. The van der Waals surface area contributed by atoms with Crippen molar-refractivity contribution in [3.63, 3.8) is 0 Å². The number of hydrogen-bond donors (Lipinski definition) is 15. The summed E-state index contributed by atoms with van der Waals surface area (Å²) in [6.07, 6.45) is 0.653. The van der Waals surface area contributed by atoms with Gasteiger partial charge in [0.25, 0.3) is 0 Å². The number of rotatable bonds is 33. The van der Waals surface area contributed by atoms with E-state index in [4.69, 9.17) is 16.2 Å². The van der Waals surface area contributed by atoms with Gasteiger partial charge in [-0.3, -0.25) is 53.0 Å². The van der Waals surface area contributed by atoms with Crippen LogP contribution in [0.3, 0.4) is 0 Å². The molecule has 14 atom stereocenters. The van der Waals surface area contributed by atoms with E-state index in [0.717, 1.165) is 95.3 Å². The number of carboxylic acid groups (broad SMARTS) is 2. The van der Waals surface area contributed by atoms with Gasteiger partial charge < -0.3 is 93.4 Å². The molecule has 0 aromatic carbocycles. The third-order valence-corrected chi connectivity index (χ3v) is 17.5. The number of imide groups is 1. The van der Waals surface area contributed by atoms with Crippen LogP contribution in [0.25, 0.3) is 0 Å². The molecule has 3 fully saturated rings. The zero-order valence-corrected chi connectivity index (χ0v) is 56.4. The van der Waals surface area contributed by atoms with Crippen molar-refractivity contribution in [2.24, 2.45) is 22.4 Å². The van der Waals surface area contributed by atoms with Crippen LogP contribution in [0.1, 0.15) is 208 Å². The molecule has 0 radical (unpaired) electrons. The topological polar surface area (TPSA) is 510 Å². The van der Waals surface area contributed by atoms with Crippen LogP contribution in [-0.4, -0.2) is 244 Å². The molecule has 0 aromatic heterocycles. The highest BCUT2D eigenvalue weighted by atomic mass is 16.5. The summed E-state index contributed by atoms with van der Waals surface area (Å²) in [5.74, 6) is -17.1. The summed E-state index contributed by atoms with van der Waals surface area (Å²) in [5, 5.41) is 97.4. The Kier molecular flexibility index (Phi) is 37.4. The van der Waals surface area contributed by atoms with Crippen LogP contribution in [0.15, 0.2) is 4.99 Å². The number of fused-ring (bicyclic) bond motifs is 2. The molecule has 32 nitrogen and oxygen atoms in total. The summed E-state index contributed by atoms with van der Waals surface area (Å²) in [4.78, 5) is 175. The number of unbranched alkanes of at least 4 members (excludes halogenated alkanes) is 15. The second-order valence-corrected chi connectivity index (χ2v) is 25.9. The van der Waals surface area contributed by atoms with Crippen molar-refractivity contribution in [3.8, 4) is 0 Å². The molecule has 0 aromatic rings. The molecule has 17 N–H and O–H groups in total. The summed E-state index contributed by atoms with van der Waals surface area (Å²) >= 11 is 0. The Morgan fingerprint density at radius 3 is 1.73 bits per heavy atom. The van der Waals surface area contributed by atoms with Crippen LogP contribution in [0.2, 0.25) is 0 Å². The minimum absolute atomic E-state index is 0.0365. The minimum Gasteiger partial charge on any atom is -0.479 e. The number of nitrogens with one attached hydrogen (secondary N) is 5. The molecule has 3 rings (SSSR count). The smallest absolute Gasteiger partial charge is 0.335 e. The molecule has 3 aliphatic rings. The van der Waals surface area contributed by atoms with Crippen molar-refractivity contribution in [1.29, 1.82) is 0 Å². The minimum atomic E-state index is -2.85. The van der Waals surface area contributed by atoms with Crippen LogP contribution in [0, 0.1) is 5.92 Å². The molecule has 3 aliphatic heterocycles. The van der Waals surface area contributed by atoms with E-state index < -0.39 is 188 Å². The lowest BCUT2D eigenvalue weighted by molar-refractivity contribution is -0.167. The SMILES string of the molecule is CCCCCCCCCCCC1CC(=O)N(C(=O)CC(O)CCCCCCCCCCC(C)C)C([C@@H](C)O)C(=O)N[C@H](C)C(=O)N2CCC[C@H]2C(=O)NC(CCCN=C(N)N)C(=O)N[C@H]([C@@H](O)C(=O)O)C(=O)NC(CO)C(=O)N2CC[C@H](O)[C@H]2C(=O)N[C@@H]([C@H](O)C(=O)O)C(=O)O1. The van der Waals surface area contributed by atoms with Gasteiger partial charge in [-0.05, 0) is 71.1 Å². The number of aliphatic carboxylic acids is 2. The number of amides is 9. The lowest BCUT2D eigenvalue weighted by Gasteiger charge is -2.34. The summed E-state index contributed by atoms with van der Waals surface area (Å²) in [6, 6.07) is -16.3. The van der Waals surface area contributed by atoms with E-state index in [2.05, 4.69) is 36.4 Å². The zero-order chi connectivity index (χ0) is 71.8. The van der Waals surface area contributed by atoms with Gasteiger partial charge in [-0.25, -0.2) is 14.4 Å². The van der Waals surface area contributed by atoms with E-state index in [1.807, 2.05) is 16.0 Å². The standard InChI is InChI=1S/C64H109N11O21/c1-6-7-8-9-10-11-16-19-22-27-41-35-47(81)75(46(80)34-40(78)26-21-18-15-13-12-14-17-20-25-37(2)3)50(39(5)77)57(87)68-38(4)59(89)73-32-24-29-44(73)55(85)69-42(28-23-31-67-64(65)66)54(84)71-48(52(82)61(91)92)56(86)70-43(36-76)60(90)74-33-30-45(79)51(74)58(88)72-49(63(95)96-41)53(83)62(93)94/h37-45,48-53,76-79,82-83H,6-36H2,1-5H3,(H,68,87)(H,69,85)(H,70,86)(H,71,84)(H,72,88)(H,91,92)(H,93,94)(H4,65,66,67)/t38-,39-,40?,41?,42?,43?,44+,45+,48-,49+,50?,51+,52-,53+/m1/s1. The molecule has 3 saturated heterocycles. The largest absolute Gasteiger partial charge is 0.479 e. The molecule has 3 heterocycles. The number of carbonyl (C=O) groups excluding carboxylic acids is 10. The van der Waals surface area contributed by atoms with Gasteiger partial charge in [-0.15, -0.1) is 0 Å². The molecule has 5 unspecified atom stereocenters. The Hall–Kier alpha value is -7.13. The number of aliphatic imine (C=N–C) groups is 1. The van der Waals surface area contributed by atoms with Gasteiger partial charge in [-0.1, -0.05) is 130 Å². The molecular formula is C64H109N11O21. The van der Waals surface area contributed by atoms with Crippen LogP contribution < -0.4 is 38.1 Å². The highest BCUT2D eigenvalue weighted by molar-refractivity contribution is 6.03. The number of carbonyl (C=O) groups is 12. The fraction of sp³-hybridized carbons (Fsp3) is 0.797. The van der Waals surface area contributed by atoms with Crippen LogP contribution in [0.5, 0.6) is 0 Å². The Bertz CT molecular complexity index is 2590. The summed E-state index contributed by atoms with van der Waals surface area (Å²) in [5.41, 5.74) is 11.0. The molecule has 96 heavy (non-hydrogen) atoms. The highest BCUT2D eigenvalue weighted by Crippen LogP contribution is 2.25. The maximum atomic E-state index is 15.1. The molecule has 0 aliphatic carbocycles. The van der Waals surface area contributed by atoms with E-state index in [1.165, 1.54) is 6.92 Å². The van der Waals surface area contributed by atoms with Gasteiger partial charge in [0.05, 0.1) is 37.8 Å². The number of nitrogens with two attached hydrogens (primary N) is 2. The Labute approximate surface area is 561 Å². The van der Waals surface area contributed by atoms with E-state index >= 15 is 4.79 Å². The number of ether oxygens (including phenoxy) is 1. The Balaban J connectivity index is 2.24. The third kappa shape index (κ3) is 27.4. The van der Waals surface area contributed by atoms with Gasteiger partial charge in [0.1, 0.15) is 48.4 Å². The Morgan fingerprint density at radius 1 is 0.615 bits per heavy atom. The molecule has 0 saturated carbocycles. The number of nitrogens with zero attached hydrogens (tertiary/aromatic N) is 4. The maximum Gasteiger partial charge on any atom is 0.335 e. The quantitative estimate of drug-likeness (QED) is 0.0162. The monoisotopic (exact) mass is 1370 g/mol. The number of hydrogen-bond acceptors (Lipinski definition) is 20. The van der Waals surface area contributed by atoms with Crippen molar-refractivity contribution in [2.75, 3.05) is 26.2 Å². The van der Waals surface area contributed by atoms with Crippen molar-refractivity contribution >= 4 is 77.0 Å². The normalized spacial score (nSPS) is 25.4. The fourth-order valence-electron chi connectivity index (χ4n) is 12.1. The first-order valence-corrected chi connectivity index (χ1v) is 34.2. The number of carboxylic acids is 2. The third-order valence-electron chi connectivity index (χ3n) is 17.5. The first kappa shape index (κ1) is 83.1. The predicted molar refractivity (Wildman–Crippen MR) is 346 cm³/mol. The second-order valence-electron chi connectivity index (χ2n) is 25.9. The molecule has 9 amide bonds. The zero-order valence-electron chi connectivity index (χ0n) is 56.4. The van der Waals surface area contributed by atoms with E-state index in [1.54, 1.807) is 0 Å². The van der Waals surface area contributed by atoms with Gasteiger partial charge in [-0.2, -0.15) is 0 Å². The maximum absolute atomic E-state index is 15.1. The first-order valence-electron chi connectivity index (χ1n) is 34.2. The van der Waals surface area contributed by atoms with Gasteiger partial charge in [0, 0.05) is 19.6 Å². The summed E-state index contributed by atoms with van der Waals surface area (Å²) < 4.78 is 5.78. The van der Waals surface area contributed by atoms with Crippen molar-refractivity contribution in [2.45, 2.75) is 293 Å². The molecule has 0 bridgehead atoms. The number of cyclic esters (lactones) is 1. The molecule has 32 heteroatoms. The Morgan fingerprint density at radius 2 is 1.17 bits per heavy atom. The molecular weight excluding hydrogens is 1260 g/mol. The predicted octanol–water partition coefficient (Wildman–Crippen LogP) is -1.03. The van der Waals surface area contributed by atoms with E-state index in [0.29, 0.717) is 41.4 Å². The summed E-state index contributed by atoms with van der Waals surface area (Å²) in [7, 11) is 0. The molecule has 546 valence electrons. The van der Waals surface area contributed by atoms with Crippen molar-refractivity contribution in [3.05, 3.63) is 0 Å². The van der Waals surface area contributed by atoms with Gasteiger partial charge >= 0.3 is 17.9 Å². The van der Waals surface area contributed by atoms with Crippen LogP contribution in [-0.2, 0) is 62.3 Å². The first-order chi connectivity index (χ1) is 45.5. The van der Waals surface area contributed by atoms with Crippen molar-refractivity contribution < 1.29 is 103 Å². The second kappa shape index (κ2) is 43.2. The number of aliphatic hydroxyl groups is 6. The lowest BCUT2D eigenvalue weighted by Crippen LogP contribution is -2.64. The number of aliphatic hydroxyl groups excluding tert-OH is 6. The highest BCUT2D eigenvalue weighted by Gasteiger charge is 2.48. The van der Waals surface area contributed by atoms with Gasteiger partial charge in [0.15, 0.2) is 24.2 Å². The van der Waals surface area contributed by atoms with E-state index in [-0.39, 0.29) is 64.0 Å². The average Bonchev–Trinajstić information content (AvgIpc) is 1.47. The average molecular weight is 1370 g/mol. The van der Waals surface area contributed by atoms with Crippen LogP contribution >= 0.6 is 0 Å². The summed E-state index contributed by atoms with van der Waals surface area (Å²) in [6.45, 7) is 6.59. The molecule has 0 spiro atoms. The number of guanidine groups is 1. The van der Waals surface area contributed by atoms with Crippen LogP contribution in [0.4, 0.5) is 0 Å².